The number of carbonyl (C=O) groups is 2. The van der Waals surface area contributed by atoms with Crippen LogP contribution < -0.4 is 5.32 Å². The van der Waals surface area contributed by atoms with Crippen molar-refractivity contribution in [3.63, 3.8) is 0 Å². The Morgan fingerprint density at radius 2 is 1.69 bits per heavy atom. The molecule has 1 N–H and O–H groups in total. The Morgan fingerprint density at radius 1 is 0.972 bits per heavy atom. The first-order valence-corrected chi connectivity index (χ1v) is 12.7. The van der Waals surface area contributed by atoms with Crippen LogP contribution in [0.2, 0.25) is 0 Å². The maximum atomic E-state index is 12.8. The van der Waals surface area contributed by atoms with E-state index in [1.54, 1.807) is 13.0 Å². The number of rotatable bonds is 7. The van der Waals surface area contributed by atoms with Gasteiger partial charge in [-0.1, -0.05) is 17.7 Å². The molecular formula is C27H35N5O4. The molecule has 2 heterocycles. The highest BCUT2D eigenvalue weighted by Crippen LogP contribution is 2.24. The first kappa shape index (κ1) is 25.6. The van der Waals surface area contributed by atoms with Crippen LogP contribution in [-0.4, -0.2) is 83.3 Å². The Balaban J connectivity index is 1.16. The van der Waals surface area contributed by atoms with Crippen LogP contribution in [0.5, 0.6) is 0 Å². The predicted octanol–water partition coefficient (Wildman–Crippen LogP) is 3.46. The van der Waals surface area contributed by atoms with Crippen molar-refractivity contribution >= 4 is 23.2 Å². The fourth-order valence-electron chi connectivity index (χ4n) is 5.01. The van der Waals surface area contributed by atoms with Gasteiger partial charge in [0.1, 0.15) is 0 Å². The van der Waals surface area contributed by atoms with E-state index in [0.29, 0.717) is 44.7 Å². The summed E-state index contributed by atoms with van der Waals surface area (Å²) in [6.45, 7) is 8.79. The minimum atomic E-state index is -0.367. The first-order valence-electron chi connectivity index (χ1n) is 12.7. The minimum Gasteiger partial charge on any atom is -0.382 e. The number of nitro benzene ring substituents is 1. The van der Waals surface area contributed by atoms with E-state index in [0.717, 1.165) is 42.7 Å². The van der Waals surface area contributed by atoms with Crippen LogP contribution in [0.25, 0.3) is 0 Å². The number of piperidine rings is 1. The zero-order valence-corrected chi connectivity index (χ0v) is 21.1. The normalized spacial score (nSPS) is 17.2. The lowest BCUT2D eigenvalue weighted by atomic mass is 10.0. The number of nitro groups is 1. The van der Waals surface area contributed by atoms with Crippen molar-refractivity contribution in [2.45, 2.75) is 39.2 Å². The largest absolute Gasteiger partial charge is 0.382 e. The molecular weight excluding hydrogens is 458 g/mol. The highest BCUT2D eigenvalue weighted by Gasteiger charge is 2.25. The Labute approximate surface area is 212 Å². The van der Waals surface area contributed by atoms with Gasteiger partial charge in [-0.25, -0.2) is 0 Å². The van der Waals surface area contributed by atoms with E-state index in [1.807, 2.05) is 47.1 Å². The van der Waals surface area contributed by atoms with Crippen molar-refractivity contribution < 1.29 is 14.5 Å². The van der Waals surface area contributed by atoms with Crippen molar-refractivity contribution in [3.8, 4) is 0 Å². The van der Waals surface area contributed by atoms with Gasteiger partial charge < -0.3 is 15.1 Å². The average molecular weight is 494 g/mol. The molecule has 9 nitrogen and oxygen atoms in total. The van der Waals surface area contributed by atoms with Gasteiger partial charge in [-0.3, -0.25) is 24.6 Å². The molecule has 0 saturated carbocycles. The fourth-order valence-corrected chi connectivity index (χ4v) is 5.01. The molecule has 2 aromatic carbocycles. The second-order valence-electron chi connectivity index (χ2n) is 9.81. The first-order chi connectivity index (χ1) is 17.3. The van der Waals surface area contributed by atoms with Gasteiger partial charge >= 0.3 is 0 Å². The summed E-state index contributed by atoms with van der Waals surface area (Å²) in [5.74, 6) is 0.257. The smallest absolute Gasteiger partial charge is 0.272 e. The number of anilines is 1. The summed E-state index contributed by atoms with van der Waals surface area (Å²) in [6.07, 6.45) is 2.19. The molecule has 0 radical (unpaired) electrons. The molecule has 2 amide bonds. The van der Waals surface area contributed by atoms with Crippen LogP contribution in [0, 0.1) is 24.0 Å². The Bertz CT molecular complexity index is 1110. The van der Waals surface area contributed by atoms with Gasteiger partial charge in [0.25, 0.3) is 11.6 Å². The number of likely N-dealkylation sites (tertiary alicyclic amines) is 1. The van der Waals surface area contributed by atoms with Crippen LogP contribution in [0.3, 0.4) is 0 Å². The summed E-state index contributed by atoms with van der Waals surface area (Å²) in [5.41, 5.74) is 3.46. The molecule has 9 heteroatoms. The zero-order valence-electron chi connectivity index (χ0n) is 21.1. The number of carbonyl (C=O) groups excluding carboxylic acids is 2. The monoisotopic (exact) mass is 493 g/mol. The molecule has 2 saturated heterocycles. The molecule has 2 aliphatic rings. The molecule has 4 rings (SSSR count). The van der Waals surface area contributed by atoms with Gasteiger partial charge in [0, 0.05) is 81.2 Å². The maximum Gasteiger partial charge on any atom is 0.272 e. The Hall–Kier alpha value is -3.46. The van der Waals surface area contributed by atoms with E-state index in [2.05, 4.69) is 10.2 Å². The van der Waals surface area contributed by atoms with Crippen molar-refractivity contribution in [1.82, 2.24) is 14.7 Å². The molecule has 0 atom stereocenters. The van der Waals surface area contributed by atoms with E-state index in [9.17, 15) is 19.7 Å². The lowest BCUT2D eigenvalue weighted by molar-refractivity contribution is -0.385. The number of hydrogen-bond donors (Lipinski definition) is 1. The van der Waals surface area contributed by atoms with E-state index in [-0.39, 0.29) is 28.5 Å². The summed E-state index contributed by atoms with van der Waals surface area (Å²) in [6, 6.07) is 13.0. The van der Waals surface area contributed by atoms with E-state index in [4.69, 9.17) is 0 Å². The fraction of sp³-hybridized carbons (Fsp3) is 0.481. The van der Waals surface area contributed by atoms with Gasteiger partial charge in [0.15, 0.2) is 0 Å². The summed E-state index contributed by atoms with van der Waals surface area (Å²) in [7, 11) is 0. The van der Waals surface area contributed by atoms with Crippen molar-refractivity contribution in [1.29, 1.82) is 0 Å². The molecule has 36 heavy (non-hydrogen) atoms. The van der Waals surface area contributed by atoms with Gasteiger partial charge in [0.05, 0.1) is 4.92 Å². The number of nitrogens with zero attached hydrogens (tertiary/aromatic N) is 4. The third-order valence-electron chi connectivity index (χ3n) is 7.18. The standard InChI is InChI=1S/C27H35N5O4/c1-20-4-3-5-22(18-20)27(34)31-16-14-29(15-17-31)11-10-26(33)30-12-8-23(9-13-30)28-24-6-7-25(32(35)36)21(2)19-24/h3-7,18-19,23,28H,8-17H2,1-2H3. The molecule has 2 fully saturated rings. The summed E-state index contributed by atoms with van der Waals surface area (Å²) in [5, 5.41) is 14.5. The van der Waals surface area contributed by atoms with Gasteiger partial charge in [0.2, 0.25) is 5.91 Å². The number of amides is 2. The highest BCUT2D eigenvalue weighted by molar-refractivity contribution is 5.94. The van der Waals surface area contributed by atoms with E-state index < -0.39 is 0 Å². The van der Waals surface area contributed by atoms with Gasteiger partial charge in [-0.15, -0.1) is 0 Å². The zero-order chi connectivity index (χ0) is 25.7. The molecule has 0 aromatic heterocycles. The number of aryl methyl sites for hydroxylation is 2. The average Bonchev–Trinajstić information content (AvgIpc) is 2.87. The highest BCUT2D eigenvalue weighted by atomic mass is 16.6. The lowest BCUT2D eigenvalue weighted by Crippen LogP contribution is -2.49. The molecule has 2 aromatic rings. The third kappa shape index (κ3) is 6.40. The van der Waals surface area contributed by atoms with Crippen LogP contribution in [0.1, 0.15) is 40.7 Å². The second kappa shape index (κ2) is 11.5. The summed E-state index contributed by atoms with van der Waals surface area (Å²) < 4.78 is 0. The molecule has 192 valence electrons. The maximum absolute atomic E-state index is 12.8. The summed E-state index contributed by atoms with van der Waals surface area (Å²) in [4.78, 5) is 42.3. The van der Waals surface area contributed by atoms with E-state index >= 15 is 0 Å². The molecule has 0 bridgehead atoms. The van der Waals surface area contributed by atoms with Crippen LogP contribution in [-0.2, 0) is 4.79 Å². The Morgan fingerprint density at radius 3 is 2.33 bits per heavy atom. The number of nitrogens with one attached hydrogen (secondary N) is 1. The summed E-state index contributed by atoms with van der Waals surface area (Å²) >= 11 is 0. The molecule has 0 spiro atoms. The second-order valence-corrected chi connectivity index (χ2v) is 9.81. The SMILES string of the molecule is Cc1cccc(C(=O)N2CCN(CCC(=O)N3CCC(Nc4ccc([N+](=O)[O-])c(C)c4)CC3)CC2)c1. The Kier molecular flexibility index (Phi) is 8.20. The number of piperazine rings is 1. The van der Waals surface area contributed by atoms with Crippen molar-refractivity contribution in [2.24, 2.45) is 0 Å². The lowest BCUT2D eigenvalue weighted by Gasteiger charge is -2.36. The molecule has 0 unspecified atom stereocenters. The predicted molar refractivity (Wildman–Crippen MR) is 139 cm³/mol. The molecule has 0 aliphatic carbocycles. The quantitative estimate of drug-likeness (QED) is 0.469. The van der Waals surface area contributed by atoms with Crippen LogP contribution >= 0.6 is 0 Å². The van der Waals surface area contributed by atoms with E-state index in [1.165, 1.54) is 6.07 Å². The van der Waals surface area contributed by atoms with Crippen LogP contribution in [0.4, 0.5) is 11.4 Å². The number of hydrogen-bond acceptors (Lipinski definition) is 6. The third-order valence-corrected chi connectivity index (χ3v) is 7.18. The molecule has 2 aliphatic heterocycles. The van der Waals surface area contributed by atoms with Gasteiger partial charge in [-0.05, 0) is 51.0 Å². The number of benzene rings is 2. The minimum absolute atomic E-state index is 0.0785. The topological polar surface area (TPSA) is 99.0 Å². The van der Waals surface area contributed by atoms with Crippen LogP contribution in [0.15, 0.2) is 42.5 Å². The van der Waals surface area contributed by atoms with Gasteiger partial charge in [-0.2, -0.15) is 0 Å². The van der Waals surface area contributed by atoms with Crippen molar-refractivity contribution in [3.05, 3.63) is 69.3 Å². The van der Waals surface area contributed by atoms with Crippen molar-refractivity contribution in [2.75, 3.05) is 51.1 Å².